The minimum absolute atomic E-state index is 0.0731. The summed E-state index contributed by atoms with van der Waals surface area (Å²) >= 11 is 0. The predicted molar refractivity (Wildman–Crippen MR) is 103 cm³/mol. The molecule has 2 aliphatic heterocycles. The van der Waals surface area contributed by atoms with Gasteiger partial charge in [-0.25, -0.2) is 0 Å². The Morgan fingerprint density at radius 3 is 2.78 bits per heavy atom. The van der Waals surface area contributed by atoms with Crippen molar-refractivity contribution in [3.8, 4) is 0 Å². The van der Waals surface area contributed by atoms with E-state index in [1.807, 2.05) is 16.7 Å². The molecule has 1 unspecified atom stereocenters. The third-order valence-corrected chi connectivity index (χ3v) is 5.43. The fraction of sp³-hybridized carbons (Fsp3) is 0.550. The van der Waals surface area contributed by atoms with Crippen molar-refractivity contribution in [1.82, 2.24) is 20.0 Å². The van der Waals surface area contributed by atoms with Gasteiger partial charge in [-0.15, -0.1) is 0 Å². The maximum Gasteiger partial charge on any atom is 0.253 e. The zero-order chi connectivity index (χ0) is 19.4. The number of benzene rings is 1. The molecule has 1 atom stereocenters. The molecular weight excluding hydrogens is 344 g/mol. The van der Waals surface area contributed by atoms with Gasteiger partial charge in [-0.2, -0.15) is 0 Å². The van der Waals surface area contributed by atoms with E-state index < -0.39 is 0 Å². The number of rotatable bonds is 4. The highest BCUT2D eigenvalue weighted by atomic mass is 16.2. The fourth-order valence-electron chi connectivity index (χ4n) is 3.73. The summed E-state index contributed by atoms with van der Waals surface area (Å²) < 4.78 is 0. The van der Waals surface area contributed by atoms with Crippen LogP contribution in [0.1, 0.15) is 40.5 Å². The van der Waals surface area contributed by atoms with Crippen LogP contribution in [0.4, 0.5) is 0 Å². The molecule has 2 heterocycles. The first kappa shape index (κ1) is 19.4. The molecule has 0 bridgehead atoms. The number of amides is 3. The lowest BCUT2D eigenvalue weighted by Gasteiger charge is -2.41. The molecule has 2 saturated heterocycles. The van der Waals surface area contributed by atoms with Gasteiger partial charge in [0.2, 0.25) is 5.91 Å². The van der Waals surface area contributed by atoms with E-state index in [9.17, 15) is 14.4 Å². The van der Waals surface area contributed by atoms with Crippen LogP contribution in [0.25, 0.3) is 0 Å². The van der Waals surface area contributed by atoms with Gasteiger partial charge >= 0.3 is 0 Å². The summed E-state index contributed by atoms with van der Waals surface area (Å²) in [6.07, 6.45) is 1.81. The smallest absolute Gasteiger partial charge is 0.253 e. The van der Waals surface area contributed by atoms with E-state index in [0.717, 1.165) is 19.4 Å². The Morgan fingerprint density at radius 1 is 1.26 bits per heavy atom. The number of hydrogen-bond donors (Lipinski definition) is 1. The van der Waals surface area contributed by atoms with Gasteiger partial charge in [0.25, 0.3) is 11.8 Å². The highest BCUT2D eigenvalue weighted by Crippen LogP contribution is 2.20. The molecule has 1 aromatic carbocycles. The Labute approximate surface area is 160 Å². The zero-order valence-electron chi connectivity index (χ0n) is 16.1. The Morgan fingerprint density at radius 2 is 2.04 bits per heavy atom. The van der Waals surface area contributed by atoms with E-state index >= 15 is 0 Å². The summed E-state index contributed by atoms with van der Waals surface area (Å²) in [7, 11) is 1.75. The monoisotopic (exact) mass is 372 g/mol. The predicted octanol–water partition coefficient (Wildman–Crippen LogP) is 0.815. The van der Waals surface area contributed by atoms with Crippen LogP contribution in [0.15, 0.2) is 24.3 Å². The highest BCUT2D eigenvalue weighted by Gasteiger charge is 2.32. The van der Waals surface area contributed by atoms with Crippen molar-refractivity contribution < 1.29 is 14.4 Å². The van der Waals surface area contributed by atoms with E-state index in [-0.39, 0.29) is 23.8 Å². The average molecular weight is 372 g/mol. The number of piperazine rings is 1. The average Bonchev–Trinajstić information content (AvgIpc) is 2.72. The molecule has 3 rings (SSSR count). The largest absolute Gasteiger partial charge is 0.342 e. The summed E-state index contributed by atoms with van der Waals surface area (Å²) in [6, 6.07) is 7.00. The first-order valence-corrected chi connectivity index (χ1v) is 9.66. The maximum absolute atomic E-state index is 13.0. The molecule has 27 heavy (non-hydrogen) atoms. The third kappa shape index (κ3) is 4.30. The lowest BCUT2D eigenvalue weighted by molar-refractivity contribution is -0.135. The minimum Gasteiger partial charge on any atom is -0.342 e. The first-order chi connectivity index (χ1) is 13.0. The van der Waals surface area contributed by atoms with Crippen LogP contribution in [0.2, 0.25) is 0 Å². The van der Waals surface area contributed by atoms with Gasteiger partial charge in [0.1, 0.15) is 0 Å². The van der Waals surface area contributed by atoms with Crippen molar-refractivity contribution in [2.45, 2.75) is 25.8 Å². The molecule has 0 radical (unpaired) electrons. The van der Waals surface area contributed by atoms with Crippen LogP contribution in [0, 0.1) is 0 Å². The molecule has 0 spiro atoms. The lowest BCUT2D eigenvalue weighted by Crippen LogP contribution is -2.57. The number of piperidine rings is 1. The summed E-state index contributed by atoms with van der Waals surface area (Å²) in [6.45, 7) is 5.63. The number of nitrogens with zero attached hydrogens (tertiary/aromatic N) is 3. The Hall–Kier alpha value is -2.41. The maximum atomic E-state index is 13.0. The van der Waals surface area contributed by atoms with Crippen LogP contribution in [0.5, 0.6) is 0 Å². The molecule has 0 aliphatic carbocycles. The molecular formula is C20H28N4O3. The molecule has 7 heteroatoms. The Kier molecular flexibility index (Phi) is 6.11. The summed E-state index contributed by atoms with van der Waals surface area (Å²) in [4.78, 5) is 42.9. The van der Waals surface area contributed by atoms with E-state index in [1.54, 1.807) is 36.2 Å². The molecule has 0 aromatic heterocycles. The highest BCUT2D eigenvalue weighted by molar-refractivity contribution is 5.99. The molecule has 2 fully saturated rings. The molecule has 3 amide bonds. The molecule has 7 nitrogen and oxygen atoms in total. The van der Waals surface area contributed by atoms with Gasteiger partial charge in [-0.05, 0) is 38.0 Å². The summed E-state index contributed by atoms with van der Waals surface area (Å²) in [5, 5.41) is 3.09. The number of carbonyl (C=O) groups is 3. The van der Waals surface area contributed by atoms with Crippen molar-refractivity contribution in [1.29, 1.82) is 0 Å². The van der Waals surface area contributed by atoms with Gasteiger partial charge in [-0.3, -0.25) is 14.4 Å². The fourth-order valence-corrected chi connectivity index (χ4v) is 3.73. The van der Waals surface area contributed by atoms with Crippen LogP contribution >= 0.6 is 0 Å². The lowest BCUT2D eigenvalue weighted by atomic mass is 10.0. The van der Waals surface area contributed by atoms with E-state index in [1.165, 1.54) is 0 Å². The van der Waals surface area contributed by atoms with Gasteiger partial charge in [0.05, 0.1) is 6.54 Å². The number of nitrogens with one attached hydrogen (secondary N) is 1. The van der Waals surface area contributed by atoms with Crippen LogP contribution in [-0.2, 0) is 4.79 Å². The molecule has 2 aliphatic rings. The van der Waals surface area contributed by atoms with E-state index in [0.29, 0.717) is 43.9 Å². The normalized spacial score (nSPS) is 20.5. The molecule has 146 valence electrons. The number of carbonyl (C=O) groups excluding carboxylic acids is 3. The van der Waals surface area contributed by atoms with Crippen LogP contribution in [-0.4, -0.2) is 84.8 Å². The van der Waals surface area contributed by atoms with Crippen molar-refractivity contribution in [2.75, 3.05) is 46.3 Å². The van der Waals surface area contributed by atoms with Crippen molar-refractivity contribution in [3.63, 3.8) is 0 Å². The standard InChI is InChI=1S/C20H28N4O3/c1-3-22(2)19(26)15-6-4-7-16(12-15)20(27)23-10-5-8-17(14-23)24-11-9-21-13-18(24)25/h4,6-7,12,17,21H,3,5,8-11,13-14H2,1-2H3. The SMILES string of the molecule is CCN(C)C(=O)c1cccc(C(=O)N2CCCC(N3CCNCC3=O)C2)c1. The number of likely N-dealkylation sites (tertiary alicyclic amines) is 1. The van der Waals surface area contributed by atoms with Crippen molar-refractivity contribution >= 4 is 17.7 Å². The topological polar surface area (TPSA) is 73.0 Å². The van der Waals surface area contributed by atoms with E-state index in [2.05, 4.69) is 5.32 Å². The Bertz CT molecular complexity index is 721. The Balaban J connectivity index is 1.71. The van der Waals surface area contributed by atoms with Gasteiger partial charge in [-0.1, -0.05) is 6.07 Å². The van der Waals surface area contributed by atoms with Crippen LogP contribution < -0.4 is 5.32 Å². The quantitative estimate of drug-likeness (QED) is 0.849. The minimum atomic E-state index is -0.0879. The van der Waals surface area contributed by atoms with Crippen LogP contribution in [0.3, 0.4) is 0 Å². The summed E-state index contributed by atoms with van der Waals surface area (Å²) in [5.74, 6) is -0.0538. The second kappa shape index (κ2) is 8.52. The van der Waals surface area contributed by atoms with E-state index in [4.69, 9.17) is 0 Å². The van der Waals surface area contributed by atoms with Gasteiger partial charge in [0.15, 0.2) is 0 Å². The second-order valence-electron chi connectivity index (χ2n) is 7.21. The number of hydrogen-bond acceptors (Lipinski definition) is 4. The first-order valence-electron chi connectivity index (χ1n) is 9.66. The van der Waals surface area contributed by atoms with Gasteiger partial charge in [0, 0.05) is 56.9 Å². The van der Waals surface area contributed by atoms with Crippen molar-refractivity contribution in [3.05, 3.63) is 35.4 Å². The zero-order valence-corrected chi connectivity index (χ0v) is 16.1. The third-order valence-electron chi connectivity index (χ3n) is 5.43. The second-order valence-corrected chi connectivity index (χ2v) is 7.21. The molecule has 1 N–H and O–H groups in total. The van der Waals surface area contributed by atoms with Crippen molar-refractivity contribution in [2.24, 2.45) is 0 Å². The molecule has 0 saturated carbocycles. The summed E-state index contributed by atoms with van der Waals surface area (Å²) in [5.41, 5.74) is 1.05. The molecule has 1 aromatic rings. The van der Waals surface area contributed by atoms with Gasteiger partial charge < -0.3 is 20.0 Å².